The number of rotatable bonds is 3. The number of nitrogens with zero attached hydrogens (tertiary/aromatic N) is 2. The van der Waals surface area contributed by atoms with E-state index < -0.39 is 5.60 Å². The van der Waals surface area contributed by atoms with E-state index in [4.69, 9.17) is 10.00 Å². The summed E-state index contributed by atoms with van der Waals surface area (Å²) in [7, 11) is 0. The molecule has 1 rings (SSSR count). The number of carbonyl (C=O) groups is 1. The molecule has 0 aliphatic carbocycles. The molecule has 0 aromatic rings. The summed E-state index contributed by atoms with van der Waals surface area (Å²) in [5.74, 6) is -0.00287. The van der Waals surface area contributed by atoms with Crippen molar-refractivity contribution in [2.24, 2.45) is 5.92 Å². The molecule has 2 unspecified atom stereocenters. The number of likely N-dealkylation sites (tertiary alicyclic amines) is 1. The molecule has 1 amide bonds. The highest BCUT2D eigenvalue weighted by molar-refractivity contribution is 5.68. The maximum absolute atomic E-state index is 12.0. The highest BCUT2D eigenvalue weighted by atomic mass is 16.6. The molecule has 0 aromatic carbocycles. The summed E-state index contributed by atoms with van der Waals surface area (Å²) in [5, 5.41) is 12.1. The first kappa shape index (κ1) is 15.8. The largest absolute Gasteiger partial charge is 0.444 e. The van der Waals surface area contributed by atoms with Crippen molar-refractivity contribution in [3.63, 3.8) is 0 Å². The SMILES string of the molecule is CC(C#N)CNC1CCCN(C(=O)OC(C)(C)C)C1. The number of hydrogen-bond acceptors (Lipinski definition) is 4. The highest BCUT2D eigenvalue weighted by Gasteiger charge is 2.27. The lowest BCUT2D eigenvalue weighted by molar-refractivity contribution is 0.0187. The molecule has 0 radical (unpaired) electrons. The standard InChI is InChI=1S/C14H25N3O2/c1-11(8-15)9-16-12-6-5-7-17(10-12)13(18)19-14(2,3)4/h11-12,16H,5-7,9-10H2,1-4H3. The van der Waals surface area contributed by atoms with Gasteiger partial charge in [-0.15, -0.1) is 0 Å². The second-order valence-electron chi connectivity index (χ2n) is 6.20. The predicted octanol–water partition coefficient (Wildman–Crippen LogP) is 2.14. The van der Waals surface area contributed by atoms with Crippen LogP contribution in [0.25, 0.3) is 0 Å². The molecule has 0 aromatic heterocycles. The van der Waals surface area contributed by atoms with Gasteiger partial charge in [0, 0.05) is 25.7 Å². The van der Waals surface area contributed by atoms with Crippen LogP contribution in [0.1, 0.15) is 40.5 Å². The van der Waals surface area contributed by atoms with Gasteiger partial charge in [-0.2, -0.15) is 5.26 Å². The van der Waals surface area contributed by atoms with Crippen LogP contribution in [0.15, 0.2) is 0 Å². The Bertz CT molecular complexity index is 344. The van der Waals surface area contributed by atoms with Crippen molar-refractivity contribution in [3.8, 4) is 6.07 Å². The summed E-state index contributed by atoms with van der Waals surface area (Å²) in [6, 6.07) is 2.46. The van der Waals surface area contributed by atoms with Crippen LogP contribution in [0.3, 0.4) is 0 Å². The normalized spacial score (nSPS) is 21.6. The van der Waals surface area contributed by atoms with Gasteiger partial charge in [0.1, 0.15) is 5.60 Å². The summed E-state index contributed by atoms with van der Waals surface area (Å²) in [6.45, 7) is 9.59. The quantitative estimate of drug-likeness (QED) is 0.850. The first-order chi connectivity index (χ1) is 8.81. The first-order valence-electron chi connectivity index (χ1n) is 6.93. The number of hydrogen-bond donors (Lipinski definition) is 1. The summed E-state index contributed by atoms with van der Waals surface area (Å²) in [5.41, 5.74) is -0.452. The fourth-order valence-electron chi connectivity index (χ4n) is 2.03. The van der Waals surface area contributed by atoms with Crippen molar-refractivity contribution in [1.82, 2.24) is 10.2 Å². The van der Waals surface area contributed by atoms with Crippen LogP contribution >= 0.6 is 0 Å². The van der Waals surface area contributed by atoms with Crippen molar-refractivity contribution >= 4 is 6.09 Å². The van der Waals surface area contributed by atoms with E-state index in [-0.39, 0.29) is 18.1 Å². The number of carbonyl (C=O) groups excluding carboxylic acids is 1. The Morgan fingerprint density at radius 3 is 2.84 bits per heavy atom. The van der Waals surface area contributed by atoms with Gasteiger partial charge in [0.05, 0.1) is 12.0 Å². The van der Waals surface area contributed by atoms with Crippen LogP contribution in [0.2, 0.25) is 0 Å². The van der Waals surface area contributed by atoms with Crippen LogP contribution in [0.5, 0.6) is 0 Å². The zero-order valence-electron chi connectivity index (χ0n) is 12.4. The third kappa shape index (κ3) is 5.93. The van der Waals surface area contributed by atoms with Crippen molar-refractivity contribution < 1.29 is 9.53 Å². The smallest absolute Gasteiger partial charge is 0.410 e. The molecular weight excluding hydrogens is 242 g/mol. The molecule has 1 N–H and O–H groups in total. The van der Waals surface area contributed by atoms with E-state index in [1.54, 1.807) is 4.90 Å². The van der Waals surface area contributed by atoms with Crippen LogP contribution < -0.4 is 5.32 Å². The average Bonchev–Trinajstić information content (AvgIpc) is 2.34. The Kier molecular flexibility index (Phi) is 5.61. The monoisotopic (exact) mass is 267 g/mol. The molecule has 5 nitrogen and oxygen atoms in total. The molecule has 1 heterocycles. The molecule has 0 spiro atoms. The number of nitrogens with one attached hydrogen (secondary N) is 1. The molecule has 1 aliphatic rings. The Hall–Kier alpha value is -1.28. The van der Waals surface area contributed by atoms with Crippen molar-refractivity contribution in [3.05, 3.63) is 0 Å². The molecule has 1 fully saturated rings. The van der Waals surface area contributed by atoms with E-state index in [0.717, 1.165) is 19.4 Å². The molecule has 0 bridgehead atoms. The lowest BCUT2D eigenvalue weighted by atomic mass is 10.1. The van der Waals surface area contributed by atoms with E-state index in [1.165, 1.54) is 0 Å². The number of nitriles is 1. The second-order valence-corrected chi connectivity index (χ2v) is 6.20. The van der Waals surface area contributed by atoms with Gasteiger partial charge in [-0.1, -0.05) is 0 Å². The summed E-state index contributed by atoms with van der Waals surface area (Å²) in [4.78, 5) is 13.7. The predicted molar refractivity (Wildman–Crippen MR) is 73.6 cm³/mol. The number of amides is 1. The van der Waals surface area contributed by atoms with Gasteiger partial charge in [-0.05, 0) is 40.5 Å². The fourth-order valence-corrected chi connectivity index (χ4v) is 2.03. The third-order valence-electron chi connectivity index (χ3n) is 3.01. The minimum atomic E-state index is -0.452. The molecule has 108 valence electrons. The van der Waals surface area contributed by atoms with E-state index >= 15 is 0 Å². The summed E-state index contributed by atoms with van der Waals surface area (Å²) in [6.07, 6.45) is 1.77. The number of piperidine rings is 1. The third-order valence-corrected chi connectivity index (χ3v) is 3.01. The van der Waals surface area contributed by atoms with Gasteiger partial charge in [0.2, 0.25) is 0 Å². The van der Waals surface area contributed by atoms with E-state index in [2.05, 4.69) is 11.4 Å². The fraction of sp³-hybridized carbons (Fsp3) is 0.857. The summed E-state index contributed by atoms with van der Waals surface area (Å²) < 4.78 is 5.38. The Morgan fingerprint density at radius 2 is 2.26 bits per heavy atom. The molecule has 19 heavy (non-hydrogen) atoms. The molecule has 1 aliphatic heterocycles. The van der Waals surface area contributed by atoms with Crippen molar-refractivity contribution in [2.75, 3.05) is 19.6 Å². The van der Waals surface area contributed by atoms with Crippen LogP contribution in [0, 0.1) is 17.2 Å². The van der Waals surface area contributed by atoms with E-state index in [0.29, 0.717) is 13.1 Å². The molecule has 5 heteroatoms. The number of ether oxygens (including phenoxy) is 1. The van der Waals surface area contributed by atoms with E-state index in [1.807, 2.05) is 27.7 Å². The molecule has 1 saturated heterocycles. The van der Waals surface area contributed by atoms with Crippen molar-refractivity contribution in [2.45, 2.75) is 52.2 Å². The maximum Gasteiger partial charge on any atom is 0.410 e. The average molecular weight is 267 g/mol. The van der Waals surface area contributed by atoms with Gasteiger partial charge < -0.3 is 15.0 Å². The maximum atomic E-state index is 12.0. The lowest BCUT2D eigenvalue weighted by Crippen LogP contribution is -2.50. The van der Waals surface area contributed by atoms with Gasteiger partial charge >= 0.3 is 6.09 Å². The highest BCUT2D eigenvalue weighted by Crippen LogP contribution is 2.15. The van der Waals surface area contributed by atoms with Gasteiger partial charge in [-0.25, -0.2) is 4.79 Å². The van der Waals surface area contributed by atoms with Gasteiger partial charge in [0.15, 0.2) is 0 Å². The van der Waals surface area contributed by atoms with Crippen LogP contribution in [0.4, 0.5) is 4.79 Å². The molecular formula is C14H25N3O2. The Morgan fingerprint density at radius 1 is 1.58 bits per heavy atom. The zero-order chi connectivity index (χ0) is 14.5. The van der Waals surface area contributed by atoms with Crippen molar-refractivity contribution in [1.29, 1.82) is 5.26 Å². The Labute approximate surface area is 115 Å². The van der Waals surface area contributed by atoms with Gasteiger partial charge in [0.25, 0.3) is 0 Å². The van der Waals surface area contributed by atoms with Gasteiger partial charge in [-0.3, -0.25) is 0 Å². The van der Waals surface area contributed by atoms with Crippen LogP contribution in [-0.2, 0) is 4.74 Å². The summed E-state index contributed by atoms with van der Waals surface area (Å²) >= 11 is 0. The minimum Gasteiger partial charge on any atom is -0.444 e. The lowest BCUT2D eigenvalue weighted by Gasteiger charge is -2.34. The first-order valence-corrected chi connectivity index (χ1v) is 6.93. The Balaban J connectivity index is 2.42. The second kappa shape index (κ2) is 6.76. The molecule has 0 saturated carbocycles. The topological polar surface area (TPSA) is 65.4 Å². The van der Waals surface area contributed by atoms with E-state index in [9.17, 15) is 4.79 Å². The van der Waals surface area contributed by atoms with Crippen LogP contribution in [-0.4, -0.2) is 42.3 Å². The minimum absolute atomic E-state index is 0.00287. The molecule has 2 atom stereocenters. The zero-order valence-corrected chi connectivity index (χ0v) is 12.4.